The number of nitrogens with zero attached hydrogens (tertiary/aromatic N) is 1. The lowest BCUT2D eigenvalue weighted by Gasteiger charge is -2.26. The van der Waals surface area contributed by atoms with Crippen LogP contribution in [0.5, 0.6) is 0 Å². The topological polar surface area (TPSA) is 66.5 Å². The van der Waals surface area contributed by atoms with Crippen molar-refractivity contribution in [3.8, 4) is 0 Å². The van der Waals surface area contributed by atoms with Gasteiger partial charge in [-0.15, -0.1) is 0 Å². The zero-order valence-electron chi connectivity index (χ0n) is 15.1. The monoisotopic (exact) mass is 372 g/mol. The van der Waals surface area contributed by atoms with Crippen LogP contribution in [-0.2, 0) is 21.2 Å². The van der Waals surface area contributed by atoms with Crippen LogP contribution < -0.4 is 9.62 Å². The highest BCUT2D eigenvalue weighted by Crippen LogP contribution is 2.28. The Hall–Kier alpha value is -2.18. The minimum atomic E-state index is -3.75. The van der Waals surface area contributed by atoms with Crippen LogP contribution in [0.2, 0.25) is 0 Å². The van der Waals surface area contributed by atoms with Crippen molar-refractivity contribution >= 4 is 21.6 Å². The molecule has 2 aromatic rings. The molecule has 0 radical (unpaired) electrons. The second-order valence-electron chi connectivity index (χ2n) is 6.99. The molecule has 0 saturated carbocycles. The van der Waals surface area contributed by atoms with E-state index >= 15 is 0 Å². The smallest absolute Gasteiger partial charge is 0.245 e. The summed E-state index contributed by atoms with van der Waals surface area (Å²) in [5.41, 5.74) is 2.00. The highest BCUT2D eigenvalue weighted by atomic mass is 32.2. The van der Waals surface area contributed by atoms with Crippen molar-refractivity contribution in [1.29, 1.82) is 0 Å². The van der Waals surface area contributed by atoms with Crippen LogP contribution in [-0.4, -0.2) is 26.9 Å². The number of carbonyl (C=O) groups is 1. The minimum absolute atomic E-state index is 0.170. The summed E-state index contributed by atoms with van der Waals surface area (Å²) in [6, 6.07) is 15.2. The molecule has 0 spiro atoms. The first-order valence-corrected chi connectivity index (χ1v) is 10.3. The zero-order valence-corrected chi connectivity index (χ0v) is 15.9. The van der Waals surface area contributed by atoms with E-state index in [1.165, 1.54) is 12.1 Å². The molecule has 1 N–H and O–H groups in total. The van der Waals surface area contributed by atoms with Crippen molar-refractivity contribution in [2.75, 3.05) is 11.4 Å². The van der Waals surface area contributed by atoms with Gasteiger partial charge in [0.1, 0.15) is 6.04 Å². The van der Waals surface area contributed by atoms with Gasteiger partial charge >= 0.3 is 0 Å². The summed E-state index contributed by atoms with van der Waals surface area (Å²) in [6.07, 6.45) is 1.24. The van der Waals surface area contributed by atoms with E-state index in [0.717, 1.165) is 17.7 Å². The Morgan fingerprint density at radius 2 is 1.73 bits per heavy atom. The first-order valence-electron chi connectivity index (χ1n) is 8.85. The molecule has 6 heteroatoms. The van der Waals surface area contributed by atoms with Crippen LogP contribution in [0.4, 0.5) is 5.69 Å². The summed E-state index contributed by atoms with van der Waals surface area (Å²) in [6.45, 7) is 4.55. The minimum Gasteiger partial charge on any atom is -0.310 e. The first-order chi connectivity index (χ1) is 12.4. The number of anilines is 1. The molecule has 0 unspecified atom stereocenters. The van der Waals surface area contributed by atoms with Gasteiger partial charge in [-0.1, -0.05) is 50.2 Å². The zero-order chi connectivity index (χ0) is 18.7. The maximum absolute atomic E-state index is 13.2. The molecule has 1 atom stereocenters. The molecule has 0 saturated heterocycles. The van der Waals surface area contributed by atoms with Gasteiger partial charge in [0.15, 0.2) is 0 Å². The van der Waals surface area contributed by atoms with Crippen molar-refractivity contribution in [3.63, 3.8) is 0 Å². The lowest BCUT2D eigenvalue weighted by atomic mass is 10.0. The molecule has 0 aromatic heterocycles. The first kappa shape index (κ1) is 18.6. The van der Waals surface area contributed by atoms with E-state index in [1.54, 1.807) is 23.1 Å². The van der Waals surface area contributed by atoms with Crippen molar-refractivity contribution in [2.45, 2.75) is 37.6 Å². The molecule has 0 fully saturated rings. The molecule has 0 aliphatic carbocycles. The Morgan fingerprint density at radius 1 is 1.08 bits per heavy atom. The Labute approximate surface area is 155 Å². The molecular formula is C20H24N2O3S. The lowest BCUT2D eigenvalue weighted by molar-refractivity contribution is -0.120. The summed E-state index contributed by atoms with van der Waals surface area (Å²) in [7, 11) is -3.75. The normalized spacial score (nSPS) is 15.1. The van der Waals surface area contributed by atoms with Gasteiger partial charge in [-0.3, -0.25) is 4.79 Å². The lowest BCUT2D eigenvalue weighted by Crippen LogP contribution is -2.48. The molecule has 1 heterocycles. The Kier molecular flexibility index (Phi) is 5.44. The fourth-order valence-electron chi connectivity index (χ4n) is 3.28. The van der Waals surface area contributed by atoms with E-state index in [4.69, 9.17) is 0 Å². The SMILES string of the molecule is CC(C)C[C@H](NS(=O)(=O)c1ccccc1)C(=O)N1CCc2ccccc21. The predicted molar refractivity (Wildman–Crippen MR) is 103 cm³/mol. The second kappa shape index (κ2) is 7.60. The standard InChI is InChI=1S/C20H24N2O3S/c1-15(2)14-18(21-26(24,25)17-9-4-3-5-10-17)20(23)22-13-12-16-8-6-7-11-19(16)22/h3-11,15,18,21H,12-14H2,1-2H3/t18-/m0/s1. The molecule has 2 aromatic carbocycles. The van der Waals surface area contributed by atoms with Gasteiger partial charge in [0.25, 0.3) is 0 Å². The summed E-state index contributed by atoms with van der Waals surface area (Å²) in [4.78, 5) is 15.0. The molecular weight excluding hydrogens is 348 g/mol. The van der Waals surface area contributed by atoms with Gasteiger partial charge in [-0.25, -0.2) is 8.42 Å². The van der Waals surface area contributed by atoms with Gasteiger partial charge in [0, 0.05) is 12.2 Å². The highest BCUT2D eigenvalue weighted by Gasteiger charge is 2.33. The molecule has 5 nitrogen and oxygen atoms in total. The highest BCUT2D eigenvalue weighted by molar-refractivity contribution is 7.89. The molecule has 1 aliphatic heterocycles. The van der Waals surface area contributed by atoms with Crippen molar-refractivity contribution in [1.82, 2.24) is 4.72 Å². The Morgan fingerprint density at radius 3 is 2.42 bits per heavy atom. The summed E-state index contributed by atoms with van der Waals surface area (Å²) in [5.74, 6) is -0.0107. The van der Waals surface area contributed by atoms with Gasteiger partial charge < -0.3 is 4.90 Å². The quantitative estimate of drug-likeness (QED) is 0.848. The fourth-order valence-corrected chi connectivity index (χ4v) is 4.50. The maximum Gasteiger partial charge on any atom is 0.245 e. The number of fused-ring (bicyclic) bond motifs is 1. The third-order valence-corrected chi connectivity index (χ3v) is 6.00. The van der Waals surface area contributed by atoms with E-state index in [2.05, 4.69) is 4.72 Å². The number of sulfonamides is 1. The van der Waals surface area contributed by atoms with Gasteiger partial charge in [-0.05, 0) is 42.5 Å². The van der Waals surface area contributed by atoms with Crippen molar-refractivity contribution in [3.05, 3.63) is 60.2 Å². The second-order valence-corrected chi connectivity index (χ2v) is 8.70. The van der Waals surface area contributed by atoms with Crippen LogP contribution in [0.15, 0.2) is 59.5 Å². The fraction of sp³-hybridized carbons (Fsp3) is 0.350. The largest absolute Gasteiger partial charge is 0.310 e. The summed E-state index contributed by atoms with van der Waals surface area (Å²) >= 11 is 0. The summed E-state index contributed by atoms with van der Waals surface area (Å²) < 4.78 is 28.0. The number of para-hydroxylation sites is 1. The van der Waals surface area contributed by atoms with Crippen LogP contribution in [0, 0.1) is 5.92 Å². The number of hydrogen-bond donors (Lipinski definition) is 1. The average Bonchev–Trinajstić information content (AvgIpc) is 3.05. The number of amides is 1. The Balaban J connectivity index is 1.86. The van der Waals surface area contributed by atoms with Gasteiger partial charge in [0.2, 0.25) is 15.9 Å². The van der Waals surface area contributed by atoms with E-state index in [-0.39, 0.29) is 16.7 Å². The molecule has 1 aliphatic rings. The predicted octanol–water partition coefficient (Wildman–Crippen LogP) is 2.97. The van der Waals surface area contributed by atoms with Crippen molar-refractivity contribution < 1.29 is 13.2 Å². The van der Waals surface area contributed by atoms with Crippen LogP contribution in [0.3, 0.4) is 0 Å². The average molecular weight is 372 g/mol. The molecule has 1 amide bonds. The number of rotatable bonds is 6. The maximum atomic E-state index is 13.2. The summed E-state index contributed by atoms with van der Waals surface area (Å²) in [5, 5.41) is 0. The number of nitrogens with one attached hydrogen (secondary N) is 1. The van der Waals surface area contributed by atoms with E-state index < -0.39 is 16.1 Å². The van der Waals surface area contributed by atoms with Gasteiger partial charge in [0.05, 0.1) is 4.90 Å². The van der Waals surface area contributed by atoms with Crippen molar-refractivity contribution in [2.24, 2.45) is 5.92 Å². The van der Waals surface area contributed by atoms with Crippen LogP contribution in [0.1, 0.15) is 25.8 Å². The van der Waals surface area contributed by atoms with Gasteiger partial charge in [-0.2, -0.15) is 4.72 Å². The number of carbonyl (C=O) groups excluding carboxylic acids is 1. The molecule has 138 valence electrons. The third kappa shape index (κ3) is 3.97. The van der Waals surface area contributed by atoms with E-state index in [9.17, 15) is 13.2 Å². The molecule has 0 bridgehead atoms. The Bertz CT molecular complexity index is 879. The molecule has 3 rings (SSSR count). The van der Waals surface area contributed by atoms with E-state index in [1.807, 2.05) is 38.1 Å². The number of benzene rings is 2. The third-order valence-electron chi connectivity index (χ3n) is 4.51. The number of hydrogen-bond acceptors (Lipinski definition) is 3. The van der Waals surface area contributed by atoms with E-state index in [0.29, 0.717) is 13.0 Å². The molecule has 26 heavy (non-hydrogen) atoms. The van der Waals surface area contributed by atoms with Crippen LogP contribution >= 0.6 is 0 Å². The van der Waals surface area contributed by atoms with Crippen LogP contribution in [0.25, 0.3) is 0 Å².